The zero-order valence-electron chi connectivity index (χ0n) is 16.2. The van der Waals surface area contributed by atoms with Crippen LogP contribution in [0.3, 0.4) is 0 Å². The predicted molar refractivity (Wildman–Crippen MR) is 96.6 cm³/mol. The number of aliphatic hydroxyl groups is 1. The van der Waals surface area contributed by atoms with Crippen LogP contribution >= 0.6 is 0 Å². The molecule has 6 nitrogen and oxygen atoms in total. The summed E-state index contributed by atoms with van der Waals surface area (Å²) in [4.78, 5) is 10.4. The maximum atomic E-state index is 10.4. The van der Waals surface area contributed by atoms with Crippen molar-refractivity contribution < 1.29 is 25.0 Å². The highest BCUT2D eigenvalue weighted by atomic mass is 16.5. The molecule has 3 N–H and O–H groups in total. The van der Waals surface area contributed by atoms with Gasteiger partial charge in [-0.3, -0.25) is 0 Å². The summed E-state index contributed by atoms with van der Waals surface area (Å²) in [5, 5.41) is 30.0. The minimum atomic E-state index is -1.04. The molecule has 2 unspecified atom stereocenters. The Morgan fingerprint density at radius 2 is 1.80 bits per heavy atom. The molecule has 1 aliphatic rings. The van der Waals surface area contributed by atoms with Gasteiger partial charge in [-0.15, -0.1) is 0 Å². The van der Waals surface area contributed by atoms with Crippen LogP contribution in [-0.2, 0) is 9.53 Å². The average Bonchev–Trinajstić information content (AvgIpc) is 2.48. The lowest BCUT2D eigenvalue weighted by molar-refractivity contribution is -0.261. The Kier molecular flexibility index (Phi) is 8.06. The molecule has 2 atom stereocenters. The average molecular weight is 357 g/mol. The van der Waals surface area contributed by atoms with Crippen LogP contribution in [0.1, 0.15) is 66.7 Å². The fourth-order valence-corrected chi connectivity index (χ4v) is 3.65. The van der Waals surface area contributed by atoms with Gasteiger partial charge in [0.15, 0.2) is 0 Å². The Bertz CT molecular complexity index is 443. The highest BCUT2D eigenvalue weighted by Gasteiger charge is 2.45. The van der Waals surface area contributed by atoms with E-state index in [0.717, 1.165) is 31.8 Å². The zero-order chi connectivity index (χ0) is 19.3. The molecule has 0 aromatic carbocycles. The topological polar surface area (TPSA) is 90.2 Å². The molecule has 0 saturated carbocycles. The Balaban J connectivity index is 2.32. The minimum Gasteiger partial charge on any atom is -0.478 e. The van der Waals surface area contributed by atoms with Gasteiger partial charge in [0.25, 0.3) is 0 Å². The lowest BCUT2D eigenvalue weighted by Gasteiger charge is -2.51. The number of hydrogen-bond donors (Lipinski definition) is 3. The number of carbonyl (C=O) groups is 1. The molecule has 0 amide bonds. The van der Waals surface area contributed by atoms with Crippen molar-refractivity contribution in [1.29, 1.82) is 0 Å². The second kappa shape index (κ2) is 9.12. The second-order valence-corrected chi connectivity index (χ2v) is 8.60. The van der Waals surface area contributed by atoms with Gasteiger partial charge in [0.2, 0.25) is 0 Å². The largest absolute Gasteiger partial charge is 0.478 e. The fraction of sp³-hybridized carbons (Fsp3) is 0.842. The van der Waals surface area contributed by atoms with Gasteiger partial charge in [0.05, 0.1) is 12.2 Å². The van der Waals surface area contributed by atoms with Gasteiger partial charge in [0, 0.05) is 23.8 Å². The molecule has 146 valence electrons. The molecule has 1 aliphatic heterocycles. The molecular formula is C19H35NO5. The number of carboxylic acids is 1. The predicted octanol–water partition coefficient (Wildman–Crippen LogP) is 3.22. The summed E-state index contributed by atoms with van der Waals surface area (Å²) in [5.74, 6) is -0.672. The SMILES string of the molecule is CC(CCCC(O)C=CC(=O)O)COC1CC(C)(C)N(O)C(C)(C)C1. The summed E-state index contributed by atoms with van der Waals surface area (Å²) in [6, 6.07) is 0. The van der Waals surface area contributed by atoms with E-state index in [0.29, 0.717) is 18.9 Å². The molecule has 0 aliphatic carbocycles. The summed E-state index contributed by atoms with van der Waals surface area (Å²) in [6.07, 6.45) is 5.59. The molecule has 0 radical (unpaired) electrons. The number of hydroxylamine groups is 2. The summed E-state index contributed by atoms with van der Waals surface area (Å²) in [6.45, 7) is 10.9. The zero-order valence-corrected chi connectivity index (χ0v) is 16.2. The van der Waals surface area contributed by atoms with Crippen molar-refractivity contribution in [2.45, 2.75) is 90.0 Å². The van der Waals surface area contributed by atoms with E-state index >= 15 is 0 Å². The number of piperidine rings is 1. The minimum absolute atomic E-state index is 0.125. The summed E-state index contributed by atoms with van der Waals surface area (Å²) < 4.78 is 6.11. The van der Waals surface area contributed by atoms with Gasteiger partial charge >= 0.3 is 5.97 Å². The van der Waals surface area contributed by atoms with Gasteiger partial charge < -0.3 is 20.2 Å². The molecule has 1 rings (SSSR count). The molecule has 1 saturated heterocycles. The molecule has 0 aromatic rings. The summed E-state index contributed by atoms with van der Waals surface area (Å²) in [7, 11) is 0. The van der Waals surface area contributed by atoms with Gasteiger partial charge in [-0.05, 0) is 65.4 Å². The highest BCUT2D eigenvalue weighted by molar-refractivity contribution is 5.79. The molecule has 0 spiro atoms. The van der Waals surface area contributed by atoms with E-state index in [1.54, 1.807) is 0 Å². The van der Waals surface area contributed by atoms with Crippen LogP contribution in [0.25, 0.3) is 0 Å². The Hall–Kier alpha value is -0.950. The van der Waals surface area contributed by atoms with Crippen LogP contribution in [0.5, 0.6) is 0 Å². The second-order valence-electron chi connectivity index (χ2n) is 8.60. The monoisotopic (exact) mass is 357 g/mol. The van der Waals surface area contributed by atoms with Crippen LogP contribution in [0, 0.1) is 5.92 Å². The van der Waals surface area contributed by atoms with E-state index in [2.05, 4.69) is 6.92 Å². The van der Waals surface area contributed by atoms with Crippen LogP contribution in [0.2, 0.25) is 0 Å². The molecule has 1 heterocycles. The normalized spacial score (nSPS) is 23.6. The Labute approximate surface area is 151 Å². The van der Waals surface area contributed by atoms with E-state index in [1.807, 2.05) is 27.7 Å². The van der Waals surface area contributed by atoms with Crippen LogP contribution in [-0.4, -0.2) is 56.3 Å². The van der Waals surface area contributed by atoms with Gasteiger partial charge in [-0.1, -0.05) is 13.3 Å². The molecule has 25 heavy (non-hydrogen) atoms. The van der Waals surface area contributed by atoms with Crippen molar-refractivity contribution in [2.75, 3.05) is 6.61 Å². The number of carboxylic acid groups (broad SMARTS) is 1. The van der Waals surface area contributed by atoms with E-state index in [4.69, 9.17) is 9.84 Å². The number of aliphatic carboxylic acids is 1. The third kappa shape index (κ3) is 7.44. The lowest BCUT2D eigenvalue weighted by Crippen LogP contribution is -2.60. The van der Waals surface area contributed by atoms with Crippen molar-refractivity contribution >= 4 is 5.97 Å². The number of ether oxygens (including phenoxy) is 1. The Morgan fingerprint density at radius 1 is 1.24 bits per heavy atom. The molecular weight excluding hydrogens is 322 g/mol. The summed E-state index contributed by atoms with van der Waals surface area (Å²) in [5.41, 5.74) is -0.619. The van der Waals surface area contributed by atoms with Crippen LogP contribution in [0.15, 0.2) is 12.2 Å². The fourth-order valence-electron chi connectivity index (χ4n) is 3.65. The standard InChI is InChI=1S/C19H35NO5/c1-14(7-6-8-15(21)9-10-17(22)23)13-25-16-11-18(2,3)20(24)19(4,5)12-16/h9-10,14-16,21,24H,6-8,11-13H2,1-5H3,(H,22,23). The lowest BCUT2D eigenvalue weighted by atomic mass is 9.80. The first-order chi connectivity index (χ1) is 11.4. The van der Waals surface area contributed by atoms with Gasteiger partial charge in [-0.2, -0.15) is 5.06 Å². The van der Waals surface area contributed by atoms with Crippen LogP contribution < -0.4 is 0 Å². The summed E-state index contributed by atoms with van der Waals surface area (Å²) >= 11 is 0. The van der Waals surface area contributed by atoms with Crippen molar-refractivity contribution in [3.63, 3.8) is 0 Å². The maximum Gasteiger partial charge on any atom is 0.328 e. The van der Waals surface area contributed by atoms with Crippen molar-refractivity contribution in [3.05, 3.63) is 12.2 Å². The van der Waals surface area contributed by atoms with Gasteiger partial charge in [-0.25, -0.2) is 4.79 Å². The van der Waals surface area contributed by atoms with E-state index in [-0.39, 0.29) is 17.2 Å². The number of hydrogen-bond acceptors (Lipinski definition) is 5. The Morgan fingerprint density at radius 3 is 2.32 bits per heavy atom. The van der Waals surface area contributed by atoms with Crippen molar-refractivity contribution in [2.24, 2.45) is 5.92 Å². The van der Waals surface area contributed by atoms with E-state index < -0.39 is 12.1 Å². The van der Waals surface area contributed by atoms with Crippen LogP contribution in [0.4, 0.5) is 0 Å². The highest BCUT2D eigenvalue weighted by Crippen LogP contribution is 2.38. The third-order valence-electron chi connectivity index (χ3n) is 4.88. The first kappa shape index (κ1) is 22.1. The third-order valence-corrected chi connectivity index (χ3v) is 4.88. The molecule has 0 aromatic heterocycles. The van der Waals surface area contributed by atoms with Crippen molar-refractivity contribution in [3.8, 4) is 0 Å². The van der Waals surface area contributed by atoms with E-state index in [1.165, 1.54) is 11.1 Å². The molecule has 1 fully saturated rings. The maximum absolute atomic E-state index is 10.4. The van der Waals surface area contributed by atoms with E-state index in [9.17, 15) is 15.1 Å². The van der Waals surface area contributed by atoms with Crippen molar-refractivity contribution in [1.82, 2.24) is 5.06 Å². The quantitative estimate of drug-likeness (QED) is 0.549. The number of nitrogens with zero attached hydrogens (tertiary/aromatic N) is 1. The molecule has 6 heteroatoms. The number of rotatable bonds is 9. The number of aliphatic hydroxyl groups excluding tert-OH is 1. The first-order valence-corrected chi connectivity index (χ1v) is 9.14. The molecule has 0 bridgehead atoms. The van der Waals surface area contributed by atoms with Gasteiger partial charge in [0.1, 0.15) is 0 Å². The first-order valence-electron chi connectivity index (χ1n) is 9.14. The smallest absolute Gasteiger partial charge is 0.328 e.